The third kappa shape index (κ3) is 1.64. The predicted molar refractivity (Wildman–Crippen MR) is 41.2 cm³/mol. The molecule has 0 N–H and O–H groups in total. The van der Waals surface area contributed by atoms with Crippen LogP contribution in [-0.2, 0) is 0 Å². The second kappa shape index (κ2) is 3.38. The molecule has 1 aromatic rings. The molecule has 0 fully saturated rings. The van der Waals surface area contributed by atoms with Crippen molar-refractivity contribution in [1.29, 1.82) is 0 Å². The molecular formula is C8H9FN2O. The van der Waals surface area contributed by atoms with Crippen LogP contribution in [0.5, 0.6) is 0 Å². The van der Waals surface area contributed by atoms with E-state index in [0.29, 0.717) is 0 Å². The molecule has 4 heteroatoms. The van der Waals surface area contributed by atoms with Crippen LogP contribution in [0.15, 0.2) is 12.5 Å². The number of aromatic nitrogens is 2. The highest BCUT2D eigenvalue weighted by Crippen LogP contribution is 2.08. The molecule has 0 aliphatic heterocycles. The summed E-state index contributed by atoms with van der Waals surface area (Å²) >= 11 is 0. The standard InChI is InChI=1S/C8H9FN2O/c1-5(2)7(12)6-3-10-4-11-8(6)9/h3-5H,1-2H3. The Kier molecular flexibility index (Phi) is 2.47. The summed E-state index contributed by atoms with van der Waals surface area (Å²) in [5, 5.41) is 0. The van der Waals surface area contributed by atoms with Crippen molar-refractivity contribution in [2.24, 2.45) is 5.92 Å². The maximum atomic E-state index is 12.8. The Labute approximate surface area is 69.7 Å². The Hall–Kier alpha value is -1.32. The van der Waals surface area contributed by atoms with Gasteiger partial charge in [-0.25, -0.2) is 9.97 Å². The fraction of sp³-hybridized carbons (Fsp3) is 0.375. The highest BCUT2D eigenvalue weighted by atomic mass is 19.1. The third-order valence-corrected chi connectivity index (χ3v) is 1.45. The largest absolute Gasteiger partial charge is 0.294 e. The van der Waals surface area contributed by atoms with Gasteiger partial charge in [-0.05, 0) is 0 Å². The Morgan fingerprint density at radius 1 is 1.58 bits per heavy atom. The van der Waals surface area contributed by atoms with Crippen LogP contribution in [0.4, 0.5) is 4.39 Å². The number of rotatable bonds is 2. The van der Waals surface area contributed by atoms with Crippen LogP contribution in [-0.4, -0.2) is 15.8 Å². The molecule has 0 aliphatic rings. The van der Waals surface area contributed by atoms with Gasteiger partial charge in [0.2, 0.25) is 5.95 Å². The first kappa shape index (κ1) is 8.77. The molecule has 0 atom stereocenters. The van der Waals surface area contributed by atoms with Gasteiger partial charge in [0.1, 0.15) is 6.33 Å². The van der Waals surface area contributed by atoms with Gasteiger partial charge < -0.3 is 0 Å². The summed E-state index contributed by atoms with van der Waals surface area (Å²) in [6, 6.07) is 0. The molecule has 0 radical (unpaired) electrons. The van der Waals surface area contributed by atoms with Crippen molar-refractivity contribution < 1.29 is 9.18 Å². The minimum Gasteiger partial charge on any atom is -0.294 e. The van der Waals surface area contributed by atoms with Crippen molar-refractivity contribution in [1.82, 2.24) is 9.97 Å². The van der Waals surface area contributed by atoms with E-state index in [0.717, 1.165) is 6.33 Å². The third-order valence-electron chi connectivity index (χ3n) is 1.45. The van der Waals surface area contributed by atoms with E-state index >= 15 is 0 Å². The van der Waals surface area contributed by atoms with Crippen LogP contribution in [0.25, 0.3) is 0 Å². The smallest absolute Gasteiger partial charge is 0.226 e. The molecule has 1 aromatic heterocycles. The minimum absolute atomic E-state index is 0.0347. The van der Waals surface area contributed by atoms with Crippen molar-refractivity contribution in [3.8, 4) is 0 Å². The highest BCUT2D eigenvalue weighted by Gasteiger charge is 2.15. The molecular weight excluding hydrogens is 159 g/mol. The van der Waals surface area contributed by atoms with Gasteiger partial charge in [-0.3, -0.25) is 4.79 Å². The lowest BCUT2D eigenvalue weighted by Crippen LogP contribution is -2.11. The topological polar surface area (TPSA) is 42.9 Å². The maximum Gasteiger partial charge on any atom is 0.226 e. The van der Waals surface area contributed by atoms with E-state index in [1.807, 2.05) is 0 Å². The van der Waals surface area contributed by atoms with Gasteiger partial charge in [0, 0.05) is 12.1 Å². The first-order valence-corrected chi connectivity index (χ1v) is 3.62. The minimum atomic E-state index is -0.747. The SMILES string of the molecule is CC(C)C(=O)c1cncnc1F. The fourth-order valence-electron chi connectivity index (χ4n) is 0.791. The number of Topliss-reactive ketones (excluding diaryl/α,β-unsaturated/α-hetero) is 1. The Morgan fingerprint density at radius 2 is 2.25 bits per heavy atom. The lowest BCUT2D eigenvalue weighted by molar-refractivity contribution is 0.0934. The molecule has 0 aliphatic carbocycles. The number of carbonyl (C=O) groups is 1. The fourth-order valence-corrected chi connectivity index (χ4v) is 0.791. The molecule has 64 valence electrons. The zero-order valence-corrected chi connectivity index (χ0v) is 6.91. The van der Waals surface area contributed by atoms with Crippen LogP contribution in [0.3, 0.4) is 0 Å². The van der Waals surface area contributed by atoms with Crippen LogP contribution in [0.2, 0.25) is 0 Å². The van der Waals surface area contributed by atoms with Crippen molar-refractivity contribution in [3.05, 3.63) is 24.0 Å². The second-order valence-electron chi connectivity index (χ2n) is 2.75. The summed E-state index contributed by atoms with van der Waals surface area (Å²) in [5.41, 5.74) is -0.0347. The number of halogens is 1. The van der Waals surface area contributed by atoms with E-state index in [1.54, 1.807) is 13.8 Å². The number of hydrogen-bond donors (Lipinski definition) is 0. The van der Waals surface area contributed by atoms with Gasteiger partial charge in [0.25, 0.3) is 0 Å². The number of carbonyl (C=O) groups excluding carboxylic acids is 1. The average Bonchev–Trinajstić information content (AvgIpc) is 2.04. The number of nitrogens with zero attached hydrogens (tertiary/aromatic N) is 2. The molecule has 3 nitrogen and oxygen atoms in total. The van der Waals surface area contributed by atoms with Crippen molar-refractivity contribution in [2.75, 3.05) is 0 Å². The lowest BCUT2D eigenvalue weighted by Gasteiger charge is -2.02. The lowest BCUT2D eigenvalue weighted by atomic mass is 10.0. The molecule has 1 heterocycles. The van der Waals surface area contributed by atoms with E-state index in [2.05, 4.69) is 9.97 Å². The van der Waals surface area contributed by atoms with Gasteiger partial charge in [-0.15, -0.1) is 0 Å². The first-order chi connectivity index (χ1) is 5.63. The van der Waals surface area contributed by atoms with Gasteiger partial charge in [0.05, 0.1) is 5.56 Å². The van der Waals surface area contributed by atoms with Crippen LogP contribution >= 0.6 is 0 Å². The van der Waals surface area contributed by atoms with Gasteiger partial charge in [-0.2, -0.15) is 4.39 Å². The average molecular weight is 168 g/mol. The molecule has 0 unspecified atom stereocenters. The molecule has 0 saturated heterocycles. The molecule has 0 spiro atoms. The summed E-state index contributed by atoms with van der Waals surface area (Å²) in [4.78, 5) is 18.1. The molecule has 0 aromatic carbocycles. The van der Waals surface area contributed by atoms with E-state index in [9.17, 15) is 9.18 Å². The summed E-state index contributed by atoms with van der Waals surface area (Å²) in [6.45, 7) is 3.41. The van der Waals surface area contributed by atoms with Gasteiger partial charge >= 0.3 is 0 Å². The second-order valence-corrected chi connectivity index (χ2v) is 2.75. The van der Waals surface area contributed by atoms with Crippen LogP contribution < -0.4 is 0 Å². The van der Waals surface area contributed by atoms with Crippen LogP contribution in [0, 0.1) is 11.9 Å². The van der Waals surface area contributed by atoms with Gasteiger partial charge in [-0.1, -0.05) is 13.8 Å². The summed E-state index contributed by atoms with van der Waals surface area (Å²) < 4.78 is 12.8. The molecule has 0 amide bonds. The highest BCUT2D eigenvalue weighted by molar-refractivity contribution is 5.97. The predicted octanol–water partition coefficient (Wildman–Crippen LogP) is 1.45. The maximum absolute atomic E-state index is 12.8. The van der Waals surface area contributed by atoms with E-state index in [-0.39, 0.29) is 17.3 Å². The summed E-state index contributed by atoms with van der Waals surface area (Å²) in [5.74, 6) is -1.25. The Balaban J connectivity index is 3.03. The van der Waals surface area contributed by atoms with E-state index in [4.69, 9.17) is 0 Å². The van der Waals surface area contributed by atoms with Crippen molar-refractivity contribution in [3.63, 3.8) is 0 Å². The van der Waals surface area contributed by atoms with Crippen molar-refractivity contribution >= 4 is 5.78 Å². The summed E-state index contributed by atoms with van der Waals surface area (Å²) in [7, 11) is 0. The molecule has 12 heavy (non-hydrogen) atoms. The first-order valence-electron chi connectivity index (χ1n) is 3.62. The normalized spacial score (nSPS) is 10.3. The summed E-state index contributed by atoms with van der Waals surface area (Å²) in [6.07, 6.45) is 2.27. The monoisotopic (exact) mass is 168 g/mol. The molecule has 0 saturated carbocycles. The molecule has 1 rings (SSSR count). The zero-order valence-electron chi connectivity index (χ0n) is 6.91. The number of ketones is 1. The van der Waals surface area contributed by atoms with Crippen molar-refractivity contribution in [2.45, 2.75) is 13.8 Å². The Bertz CT molecular complexity index is 299. The number of hydrogen-bond acceptors (Lipinski definition) is 3. The Morgan fingerprint density at radius 3 is 2.75 bits per heavy atom. The quantitative estimate of drug-likeness (QED) is 0.496. The van der Waals surface area contributed by atoms with Crippen LogP contribution in [0.1, 0.15) is 24.2 Å². The van der Waals surface area contributed by atoms with E-state index in [1.165, 1.54) is 6.20 Å². The zero-order chi connectivity index (χ0) is 9.14. The van der Waals surface area contributed by atoms with Gasteiger partial charge in [0.15, 0.2) is 5.78 Å². The molecule has 0 bridgehead atoms. The van der Waals surface area contributed by atoms with E-state index < -0.39 is 5.95 Å².